The topological polar surface area (TPSA) is 101 Å². The number of primary amides is 1. The number of hydrogen-bond donors (Lipinski definition) is 3. The van der Waals surface area contributed by atoms with Gasteiger partial charge in [-0.15, -0.1) is 0 Å². The molecule has 0 unspecified atom stereocenters. The Hall–Kier alpha value is -1.60. The van der Waals surface area contributed by atoms with Gasteiger partial charge in [0.15, 0.2) is 0 Å². The van der Waals surface area contributed by atoms with Crippen LogP contribution < -0.4 is 15.8 Å². The van der Waals surface area contributed by atoms with Gasteiger partial charge in [-0.25, -0.2) is 8.42 Å². The van der Waals surface area contributed by atoms with E-state index in [1.807, 2.05) is 6.92 Å². The summed E-state index contributed by atoms with van der Waals surface area (Å²) in [5.74, 6) is -0.731. The molecule has 0 atom stereocenters. The smallest absolute Gasteiger partial charge is 0.242 e. The molecule has 1 amide bonds. The van der Waals surface area contributed by atoms with Gasteiger partial charge in [0.2, 0.25) is 15.9 Å². The predicted molar refractivity (Wildman–Crippen MR) is 83.7 cm³/mol. The van der Waals surface area contributed by atoms with Gasteiger partial charge in [-0.2, -0.15) is 4.72 Å². The summed E-state index contributed by atoms with van der Waals surface area (Å²) in [6.07, 6.45) is 0. The zero-order valence-corrected chi connectivity index (χ0v) is 13.9. The highest BCUT2D eigenvalue weighted by Gasteiger charge is 2.32. The number of aryl methyl sites for hydroxylation is 2. The number of rotatable bonds is 6. The van der Waals surface area contributed by atoms with Crippen molar-refractivity contribution in [2.75, 3.05) is 11.9 Å². The molecule has 1 aromatic rings. The van der Waals surface area contributed by atoms with Gasteiger partial charge in [0, 0.05) is 12.2 Å². The maximum absolute atomic E-state index is 12.5. The number of carbonyl (C=O) groups is 1. The Bertz CT molecular complexity index is 628. The molecule has 118 valence electrons. The molecule has 0 aliphatic carbocycles. The maximum Gasteiger partial charge on any atom is 0.242 e. The van der Waals surface area contributed by atoms with Crippen molar-refractivity contribution in [1.29, 1.82) is 0 Å². The lowest BCUT2D eigenvalue weighted by molar-refractivity contribution is -0.122. The van der Waals surface area contributed by atoms with Crippen molar-refractivity contribution in [3.05, 3.63) is 23.3 Å². The minimum Gasteiger partial charge on any atom is -0.385 e. The van der Waals surface area contributed by atoms with Crippen molar-refractivity contribution in [2.24, 2.45) is 5.73 Å². The fraction of sp³-hybridized carbons (Fsp3) is 0.500. The molecule has 6 nitrogen and oxygen atoms in total. The quantitative estimate of drug-likeness (QED) is 0.736. The second-order valence-electron chi connectivity index (χ2n) is 5.56. The molecule has 21 heavy (non-hydrogen) atoms. The number of benzene rings is 1. The van der Waals surface area contributed by atoms with E-state index in [1.54, 1.807) is 26.0 Å². The SMILES string of the molecule is CCNc1cc(C)c(S(=O)(=O)NC(C)(C)C(N)=O)c(C)c1. The lowest BCUT2D eigenvalue weighted by Gasteiger charge is -2.23. The highest BCUT2D eigenvalue weighted by molar-refractivity contribution is 7.89. The van der Waals surface area contributed by atoms with E-state index in [1.165, 1.54) is 13.8 Å². The molecule has 0 bridgehead atoms. The zero-order valence-electron chi connectivity index (χ0n) is 13.1. The van der Waals surface area contributed by atoms with E-state index in [2.05, 4.69) is 10.0 Å². The summed E-state index contributed by atoms with van der Waals surface area (Å²) in [4.78, 5) is 11.5. The molecule has 0 saturated heterocycles. The summed E-state index contributed by atoms with van der Waals surface area (Å²) in [5, 5.41) is 3.14. The fourth-order valence-electron chi connectivity index (χ4n) is 2.12. The van der Waals surface area contributed by atoms with Crippen molar-refractivity contribution < 1.29 is 13.2 Å². The number of amides is 1. The molecule has 0 radical (unpaired) electrons. The highest BCUT2D eigenvalue weighted by Crippen LogP contribution is 2.25. The van der Waals surface area contributed by atoms with Crippen LogP contribution in [0, 0.1) is 13.8 Å². The number of hydrogen-bond acceptors (Lipinski definition) is 4. The standard InChI is InChI=1S/C14H23N3O3S/c1-6-16-11-7-9(2)12(10(3)8-11)21(19,20)17-14(4,5)13(15)18/h7-8,16-17H,6H2,1-5H3,(H2,15,18). The Balaban J connectivity index is 3.30. The summed E-state index contributed by atoms with van der Waals surface area (Å²) < 4.78 is 27.4. The third kappa shape index (κ3) is 3.95. The molecule has 7 heteroatoms. The summed E-state index contributed by atoms with van der Waals surface area (Å²) in [5.41, 5.74) is 5.95. The highest BCUT2D eigenvalue weighted by atomic mass is 32.2. The van der Waals surface area contributed by atoms with E-state index < -0.39 is 21.5 Å². The number of carbonyl (C=O) groups excluding carboxylic acids is 1. The predicted octanol–water partition coefficient (Wildman–Crippen LogP) is 1.28. The van der Waals surface area contributed by atoms with Crippen LogP contribution in [-0.2, 0) is 14.8 Å². The Morgan fingerprint density at radius 1 is 1.24 bits per heavy atom. The molecule has 1 rings (SSSR count). The van der Waals surface area contributed by atoms with Gasteiger partial charge >= 0.3 is 0 Å². The third-order valence-corrected chi connectivity index (χ3v) is 5.08. The Kier molecular flexibility index (Phi) is 5.01. The molecule has 0 spiro atoms. The van der Waals surface area contributed by atoms with E-state index in [-0.39, 0.29) is 4.90 Å². The van der Waals surface area contributed by atoms with E-state index in [9.17, 15) is 13.2 Å². The first-order chi connectivity index (χ1) is 9.51. The lowest BCUT2D eigenvalue weighted by Crippen LogP contribution is -2.53. The van der Waals surface area contributed by atoms with Crippen LogP contribution >= 0.6 is 0 Å². The number of nitrogens with one attached hydrogen (secondary N) is 2. The monoisotopic (exact) mass is 313 g/mol. The van der Waals surface area contributed by atoms with Crippen LogP contribution in [0.25, 0.3) is 0 Å². The van der Waals surface area contributed by atoms with E-state index in [0.717, 1.165) is 12.2 Å². The second kappa shape index (κ2) is 6.03. The maximum atomic E-state index is 12.5. The van der Waals surface area contributed by atoms with Crippen LogP contribution in [0.15, 0.2) is 17.0 Å². The minimum absolute atomic E-state index is 0.179. The van der Waals surface area contributed by atoms with Gasteiger partial charge in [-0.1, -0.05) is 0 Å². The normalized spacial score (nSPS) is 12.2. The summed E-state index contributed by atoms with van der Waals surface area (Å²) in [7, 11) is -3.83. The van der Waals surface area contributed by atoms with Crippen LogP contribution in [0.4, 0.5) is 5.69 Å². The van der Waals surface area contributed by atoms with Crippen molar-refractivity contribution in [3.63, 3.8) is 0 Å². The fourth-order valence-corrected chi connectivity index (χ4v) is 3.96. The van der Waals surface area contributed by atoms with Crippen LogP contribution in [0.3, 0.4) is 0 Å². The molecule has 0 aromatic heterocycles. The Morgan fingerprint density at radius 3 is 2.10 bits per heavy atom. The first-order valence-corrected chi connectivity index (χ1v) is 8.18. The van der Waals surface area contributed by atoms with Gasteiger partial charge in [0.1, 0.15) is 5.54 Å². The average Bonchev–Trinajstić information content (AvgIpc) is 2.25. The Labute approximate surface area is 126 Å². The number of nitrogens with two attached hydrogens (primary N) is 1. The van der Waals surface area contributed by atoms with Crippen LogP contribution in [0.1, 0.15) is 31.9 Å². The second-order valence-corrected chi connectivity index (χ2v) is 7.18. The number of anilines is 1. The molecular formula is C14H23N3O3S. The first kappa shape index (κ1) is 17.5. The van der Waals surface area contributed by atoms with Crippen LogP contribution in [0.5, 0.6) is 0 Å². The average molecular weight is 313 g/mol. The van der Waals surface area contributed by atoms with Gasteiger partial charge in [0.05, 0.1) is 4.90 Å². The molecule has 0 aliphatic rings. The van der Waals surface area contributed by atoms with Crippen molar-refractivity contribution in [3.8, 4) is 0 Å². The van der Waals surface area contributed by atoms with Crippen molar-refractivity contribution in [2.45, 2.75) is 45.1 Å². The number of sulfonamides is 1. The van der Waals surface area contributed by atoms with Gasteiger partial charge < -0.3 is 11.1 Å². The Morgan fingerprint density at radius 2 is 1.71 bits per heavy atom. The van der Waals surface area contributed by atoms with Gasteiger partial charge in [-0.05, 0) is 57.9 Å². The summed E-state index contributed by atoms with van der Waals surface area (Å²) >= 11 is 0. The largest absolute Gasteiger partial charge is 0.385 e. The third-order valence-electron chi connectivity index (χ3n) is 3.12. The van der Waals surface area contributed by atoms with Crippen molar-refractivity contribution >= 4 is 21.6 Å². The molecule has 0 saturated carbocycles. The van der Waals surface area contributed by atoms with Gasteiger partial charge in [0.25, 0.3) is 0 Å². The molecular weight excluding hydrogens is 290 g/mol. The van der Waals surface area contributed by atoms with E-state index in [0.29, 0.717) is 11.1 Å². The first-order valence-electron chi connectivity index (χ1n) is 6.70. The van der Waals surface area contributed by atoms with Crippen LogP contribution in [-0.4, -0.2) is 26.4 Å². The van der Waals surface area contributed by atoms with E-state index in [4.69, 9.17) is 5.73 Å². The zero-order chi connectivity index (χ0) is 16.4. The van der Waals surface area contributed by atoms with E-state index >= 15 is 0 Å². The molecule has 0 aliphatic heterocycles. The molecule has 0 fully saturated rings. The molecule has 0 heterocycles. The summed E-state index contributed by atoms with van der Waals surface area (Å²) in [6, 6.07) is 3.53. The van der Waals surface area contributed by atoms with Gasteiger partial charge in [-0.3, -0.25) is 4.79 Å². The minimum atomic E-state index is -3.83. The molecule has 1 aromatic carbocycles. The molecule has 4 N–H and O–H groups in total. The van der Waals surface area contributed by atoms with Crippen molar-refractivity contribution in [1.82, 2.24) is 4.72 Å². The van der Waals surface area contributed by atoms with Crippen LogP contribution in [0.2, 0.25) is 0 Å². The summed E-state index contributed by atoms with van der Waals surface area (Å²) in [6.45, 7) is 9.03. The lowest BCUT2D eigenvalue weighted by atomic mass is 10.1.